The number of rotatable bonds is 3. The molecule has 0 fully saturated rings. The summed E-state index contributed by atoms with van der Waals surface area (Å²) in [5.41, 5.74) is 1.37. The van der Waals surface area contributed by atoms with Crippen molar-refractivity contribution in [3.05, 3.63) is 50.8 Å². The first-order valence-electron chi connectivity index (χ1n) is 6.47. The van der Waals surface area contributed by atoms with Crippen LogP contribution in [-0.2, 0) is 14.1 Å². The highest BCUT2D eigenvalue weighted by Crippen LogP contribution is 2.21. The summed E-state index contributed by atoms with van der Waals surface area (Å²) in [7, 11) is 3.15. The van der Waals surface area contributed by atoms with Gasteiger partial charge in [-0.15, -0.1) is 0 Å². The first kappa shape index (κ1) is 14.1. The molecule has 2 aromatic rings. The van der Waals surface area contributed by atoms with Gasteiger partial charge in [0.05, 0.1) is 12.2 Å². The van der Waals surface area contributed by atoms with Crippen molar-refractivity contribution in [2.75, 3.05) is 6.61 Å². The Morgan fingerprint density at radius 2 is 1.65 bits per heavy atom. The molecular weight excluding hydrogens is 256 g/mol. The average molecular weight is 274 g/mol. The van der Waals surface area contributed by atoms with Gasteiger partial charge in [-0.25, -0.2) is 4.79 Å². The topological polar surface area (TPSA) is 53.2 Å². The zero-order valence-electron chi connectivity index (χ0n) is 12.1. The molecule has 0 spiro atoms. The van der Waals surface area contributed by atoms with Crippen molar-refractivity contribution in [3.63, 3.8) is 0 Å². The van der Waals surface area contributed by atoms with Crippen LogP contribution in [0.5, 0.6) is 5.75 Å². The Bertz CT molecular complexity index is 739. The lowest BCUT2D eigenvalue weighted by atomic mass is 10.1. The van der Waals surface area contributed by atoms with Crippen LogP contribution in [0.4, 0.5) is 0 Å². The Labute approximate surface area is 117 Å². The van der Waals surface area contributed by atoms with Gasteiger partial charge in [0.1, 0.15) is 5.75 Å². The normalized spacial score (nSPS) is 10.6. The molecule has 0 aliphatic rings. The largest absolute Gasteiger partial charge is 0.494 e. The van der Waals surface area contributed by atoms with Crippen LogP contribution in [-0.4, -0.2) is 15.7 Å². The van der Waals surface area contributed by atoms with Crippen molar-refractivity contribution >= 4 is 0 Å². The molecule has 0 saturated heterocycles. The molecule has 5 heteroatoms. The summed E-state index contributed by atoms with van der Waals surface area (Å²) in [6.07, 6.45) is 0. The molecule has 0 amide bonds. The Hall–Kier alpha value is -2.30. The second-order valence-corrected chi connectivity index (χ2v) is 4.62. The Kier molecular flexibility index (Phi) is 3.79. The van der Waals surface area contributed by atoms with E-state index in [0.717, 1.165) is 15.9 Å². The van der Waals surface area contributed by atoms with E-state index in [-0.39, 0.29) is 11.2 Å². The number of hydrogen-bond donors (Lipinski definition) is 0. The van der Waals surface area contributed by atoms with Gasteiger partial charge in [-0.05, 0) is 31.5 Å². The molecule has 5 nitrogen and oxygen atoms in total. The molecule has 2 rings (SSSR count). The molecule has 1 aromatic carbocycles. The molecule has 0 aliphatic carbocycles. The van der Waals surface area contributed by atoms with E-state index in [1.165, 1.54) is 11.6 Å². The molecular formula is C15H18N2O3. The number of aromatic nitrogens is 2. The van der Waals surface area contributed by atoms with Crippen molar-refractivity contribution in [1.29, 1.82) is 0 Å². The number of hydrogen-bond acceptors (Lipinski definition) is 3. The molecule has 0 N–H and O–H groups in total. The highest BCUT2D eigenvalue weighted by atomic mass is 16.5. The highest BCUT2D eigenvalue weighted by Gasteiger charge is 2.13. The van der Waals surface area contributed by atoms with Crippen LogP contribution in [0.1, 0.15) is 12.6 Å². The molecule has 0 atom stereocenters. The van der Waals surface area contributed by atoms with E-state index in [9.17, 15) is 9.59 Å². The minimum Gasteiger partial charge on any atom is -0.494 e. The van der Waals surface area contributed by atoms with Gasteiger partial charge in [-0.2, -0.15) is 0 Å². The summed E-state index contributed by atoms with van der Waals surface area (Å²) in [5.74, 6) is 0.760. The maximum absolute atomic E-state index is 12.3. The summed E-state index contributed by atoms with van der Waals surface area (Å²) < 4.78 is 7.99. The Morgan fingerprint density at radius 1 is 1.05 bits per heavy atom. The highest BCUT2D eigenvalue weighted by molar-refractivity contribution is 5.65. The SMILES string of the molecule is CCOc1ccc(-c2c(C)n(C)c(=O)n(C)c2=O)cc1. The molecule has 0 saturated carbocycles. The van der Waals surface area contributed by atoms with Crippen molar-refractivity contribution in [1.82, 2.24) is 9.13 Å². The van der Waals surface area contributed by atoms with Crippen molar-refractivity contribution in [3.8, 4) is 16.9 Å². The lowest BCUT2D eigenvalue weighted by Gasteiger charge is -2.12. The minimum absolute atomic E-state index is 0.283. The van der Waals surface area contributed by atoms with Crippen LogP contribution in [0, 0.1) is 6.92 Å². The second kappa shape index (κ2) is 5.36. The van der Waals surface area contributed by atoms with Gasteiger partial charge in [0.25, 0.3) is 5.56 Å². The third-order valence-corrected chi connectivity index (χ3v) is 3.41. The van der Waals surface area contributed by atoms with E-state index in [1.807, 2.05) is 31.2 Å². The van der Waals surface area contributed by atoms with Gasteiger partial charge >= 0.3 is 5.69 Å². The van der Waals surface area contributed by atoms with E-state index < -0.39 is 0 Å². The first-order chi connectivity index (χ1) is 9.47. The van der Waals surface area contributed by atoms with Gasteiger partial charge in [-0.1, -0.05) is 12.1 Å². The number of benzene rings is 1. The minimum atomic E-state index is -0.317. The molecule has 1 heterocycles. The smallest absolute Gasteiger partial charge is 0.330 e. The van der Waals surface area contributed by atoms with Crippen LogP contribution >= 0.6 is 0 Å². The molecule has 20 heavy (non-hydrogen) atoms. The van der Waals surface area contributed by atoms with Crippen molar-refractivity contribution in [2.45, 2.75) is 13.8 Å². The maximum Gasteiger partial charge on any atom is 0.330 e. The van der Waals surface area contributed by atoms with E-state index in [2.05, 4.69) is 0 Å². The van der Waals surface area contributed by atoms with Gasteiger partial charge in [0, 0.05) is 19.8 Å². The molecule has 0 unspecified atom stereocenters. The molecule has 0 aliphatic heterocycles. The molecule has 0 radical (unpaired) electrons. The van der Waals surface area contributed by atoms with Gasteiger partial charge in [-0.3, -0.25) is 9.36 Å². The average Bonchev–Trinajstić information content (AvgIpc) is 2.45. The predicted molar refractivity (Wildman–Crippen MR) is 78.3 cm³/mol. The maximum atomic E-state index is 12.3. The standard InChI is InChI=1S/C15H18N2O3/c1-5-20-12-8-6-11(7-9-12)13-10(2)16(3)15(19)17(4)14(13)18/h6-9H,5H2,1-4H3. The van der Waals surface area contributed by atoms with E-state index >= 15 is 0 Å². The Balaban J connectivity index is 2.64. The summed E-state index contributed by atoms with van der Waals surface area (Å²) in [6, 6.07) is 7.31. The fourth-order valence-electron chi connectivity index (χ4n) is 2.16. The molecule has 0 bridgehead atoms. The lowest BCUT2D eigenvalue weighted by Crippen LogP contribution is -2.39. The predicted octanol–water partition coefficient (Wildman–Crippen LogP) is 1.46. The third-order valence-electron chi connectivity index (χ3n) is 3.41. The van der Waals surface area contributed by atoms with Crippen molar-refractivity contribution in [2.24, 2.45) is 14.1 Å². The quantitative estimate of drug-likeness (QED) is 0.851. The lowest BCUT2D eigenvalue weighted by molar-refractivity contribution is 0.340. The summed E-state index contributed by atoms with van der Waals surface area (Å²) in [6.45, 7) is 4.29. The van der Waals surface area contributed by atoms with E-state index in [1.54, 1.807) is 14.0 Å². The zero-order chi connectivity index (χ0) is 14.9. The first-order valence-corrected chi connectivity index (χ1v) is 6.47. The third kappa shape index (κ3) is 2.27. The van der Waals surface area contributed by atoms with Crippen molar-refractivity contribution < 1.29 is 4.74 Å². The fourth-order valence-corrected chi connectivity index (χ4v) is 2.16. The van der Waals surface area contributed by atoms with Crippen LogP contribution in [0.15, 0.2) is 33.9 Å². The van der Waals surface area contributed by atoms with Crippen LogP contribution < -0.4 is 16.0 Å². The Morgan fingerprint density at radius 3 is 2.20 bits per heavy atom. The van der Waals surface area contributed by atoms with Crippen LogP contribution in [0.25, 0.3) is 11.1 Å². The van der Waals surface area contributed by atoms with Crippen LogP contribution in [0.2, 0.25) is 0 Å². The van der Waals surface area contributed by atoms with Gasteiger partial charge in [0.15, 0.2) is 0 Å². The fraction of sp³-hybridized carbons (Fsp3) is 0.333. The second-order valence-electron chi connectivity index (χ2n) is 4.62. The zero-order valence-corrected chi connectivity index (χ0v) is 12.1. The molecule has 106 valence electrons. The number of nitrogens with zero attached hydrogens (tertiary/aromatic N) is 2. The summed E-state index contributed by atoms with van der Waals surface area (Å²) in [5, 5.41) is 0. The summed E-state index contributed by atoms with van der Waals surface area (Å²) >= 11 is 0. The van der Waals surface area contributed by atoms with E-state index in [0.29, 0.717) is 17.9 Å². The number of ether oxygens (including phenoxy) is 1. The summed E-state index contributed by atoms with van der Waals surface area (Å²) in [4.78, 5) is 24.1. The van der Waals surface area contributed by atoms with Gasteiger partial charge in [0.2, 0.25) is 0 Å². The molecule has 1 aromatic heterocycles. The van der Waals surface area contributed by atoms with Gasteiger partial charge < -0.3 is 9.30 Å². The van der Waals surface area contributed by atoms with E-state index in [4.69, 9.17) is 4.74 Å². The monoisotopic (exact) mass is 274 g/mol. The van der Waals surface area contributed by atoms with Crippen LogP contribution in [0.3, 0.4) is 0 Å².